The molecule has 9 nitrogen and oxygen atoms in total. The summed E-state index contributed by atoms with van der Waals surface area (Å²) in [6.07, 6.45) is -1.41. The Morgan fingerprint density at radius 1 is 0.727 bits per heavy atom. The molecule has 0 heterocycles. The summed E-state index contributed by atoms with van der Waals surface area (Å²) < 4.78 is 10.6. The van der Waals surface area contributed by atoms with E-state index in [2.05, 4.69) is 16.0 Å². The lowest BCUT2D eigenvalue weighted by Crippen LogP contribution is -2.54. The van der Waals surface area contributed by atoms with Crippen LogP contribution in [0, 0.1) is 11.8 Å². The van der Waals surface area contributed by atoms with Crippen LogP contribution in [0.1, 0.15) is 82.1 Å². The summed E-state index contributed by atoms with van der Waals surface area (Å²) in [5.74, 6) is 0.0295. The molecule has 0 aromatic carbocycles. The summed E-state index contributed by atoms with van der Waals surface area (Å²) in [5, 5.41) is 30.1. The number of nitrogens with one attached hydrogen (secondary N) is 3. The number of carbonyl (C=O) groups excluding carboxylic acids is 2. The Balaban J connectivity index is 4.98. The van der Waals surface area contributed by atoms with Gasteiger partial charge in [0.05, 0.1) is 24.3 Å². The molecule has 0 spiro atoms. The lowest BCUT2D eigenvalue weighted by molar-refractivity contribution is 0.0322. The van der Waals surface area contributed by atoms with Gasteiger partial charge in [0, 0.05) is 13.1 Å². The van der Waals surface area contributed by atoms with Crippen LogP contribution in [0.2, 0.25) is 0 Å². The molecular weight excluding hydrogens is 426 g/mol. The number of hydrogen-bond acceptors (Lipinski definition) is 7. The van der Waals surface area contributed by atoms with Crippen LogP contribution >= 0.6 is 0 Å². The second-order valence-corrected chi connectivity index (χ2v) is 10.9. The van der Waals surface area contributed by atoms with Crippen LogP contribution in [0.4, 0.5) is 9.59 Å². The van der Waals surface area contributed by atoms with Crippen molar-refractivity contribution in [3.8, 4) is 0 Å². The van der Waals surface area contributed by atoms with Gasteiger partial charge in [-0.2, -0.15) is 0 Å². The van der Waals surface area contributed by atoms with Gasteiger partial charge in [-0.15, -0.1) is 0 Å². The van der Waals surface area contributed by atoms with Crippen LogP contribution in [0.15, 0.2) is 0 Å². The average Bonchev–Trinajstić information content (AvgIpc) is 2.66. The Kier molecular flexibility index (Phi) is 13.3. The highest BCUT2D eigenvalue weighted by Gasteiger charge is 2.30. The third kappa shape index (κ3) is 13.7. The van der Waals surface area contributed by atoms with E-state index in [4.69, 9.17) is 9.47 Å². The van der Waals surface area contributed by atoms with Crippen molar-refractivity contribution in [2.75, 3.05) is 13.1 Å². The number of carbonyl (C=O) groups is 2. The molecule has 0 bridgehead atoms. The molecule has 0 fully saturated rings. The van der Waals surface area contributed by atoms with Gasteiger partial charge < -0.3 is 35.6 Å². The number of aliphatic hydroxyl groups is 2. The van der Waals surface area contributed by atoms with Crippen molar-refractivity contribution in [1.29, 1.82) is 0 Å². The molecule has 196 valence electrons. The highest BCUT2D eigenvalue weighted by atomic mass is 16.6. The van der Waals surface area contributed by atoms with E-state index in [-0.39, 0.29) is 24.9 Å². The molecule has 0 rings (SSSR count). The molecule has 0 aliphatic heterocycles. The van der Waals surface area contributed by atoms with Gasteiger partial charge in [-0.05, 0) is 53.4 Å². The predicted octanol–water partition coefficient (Wildman–Crippen LogP) is 3.18. The molecule has 5 N–H and O–H groups in total. The van der Waals surface area contributed by atoms with E-state index in [1.54, 1.807) is 41.5 Å². The van der Waals surface area contributed by atoms with E-state index < -0.39 is 47.7 Å². The molecule has 0 aromatic heterocycles. The van der Waals surface area contributed by atoms with Crippen molar-refractivity contribution in [3.05, 3.63) is 0 Å². The Morgan fingerprint density at radius 2 is 1.03 bits per heavy atom. The Labute approximate surface area is 200 Å². The molecule has 0 saturated carbocycles. The standard InChI is InChI=1S/C24H49N3O6/c1-11-15(3)19(26-21(30)32-23(5,6)7)17(28)13-25-14-18(29)20(16(4)12-2)27-22(31)33-24(8,9)10/h15-20,25,28-29H,11-14H2,1-10H3,(H,26,30)(H,27,31)/t15-,16+,17-,18-,19+,20+/m0/s1. The summed E-state index contributed by atoms with van der Waals surface area (Å²) in [6, 6.07) is -1.03. The lowest BCUT2D eigenvalue weighted by Gasteiger charge is -2.32. The molecular formula is C24H49N3O6. The first-order valence-electron chi connectivity index (χ1n) is 12.1. The van der Waals surface area contributed by atoms with Crippen LogP contribution < -0.4 is 16.0 Å². The van der Waals surface area contributed by atoms with E-state index in [9.17, 15) is 19.8 Å². The molecule has 6 atom stereocenters. The maximum Gasteiger partial charge on any atom is 0.407 e. The number of hydrogen-bond donors (Lipinski definition) is 5. The van der Waals surface area contributed by atoms with Gasteiger partial charge in [0.15, 0.2) is 0 Å². The van der Waals surface area contributed by atoms with Crippen molar-refractivity contribution in [2.45, 2.75) is 118 Å². The third-order valence-electron chi connectivity index (χ3n) is 5.42. The van der Waals surface area contributed by atoms with Crippen LogP contribution in [-0.2, 0) is 9.47 Å². The minimum Gasteiger partial charge on any atom is -0.444 e. The minimum absolute atomic E-state index is 0.0148. The maximum absolute atomic E-state index is 12.2. The third-order valence-corrected chi connectivity index (χ3v) is 5.42. The maximum atomic E-state index is 12.2. The first-order chi connectivity index (χ1) is 15.0. The van der Waals surface area contributed by atoms with Crippen molar-refractivity contribution in [1.82, 2.24) is 16.0 Å². The molecule has 0 saturated heterocycles. The Morgan fingerprint density at radius 3 is 1.27 bits per heavy atom. The Hall–Kier alpha value is -1.58. The summed E-state index contributed by atoms with van der Waals surface area (Å²) in [4.78, 5) is 24.4. The molecule has 2 amide bonds. The van der Waals surface area contributed by atoms with Crippen LogP contribution in [0.5, 0.6) is 0 Å². The van der Waals surface area contributed by atoms with Crippen molar-refractivity contribution in [3.63, 3.8) is 0 Å². The highest BCUT2D eigenvalue weighted by molar-refractivity contribution is 5.68. The van der Waals surface area contributed by atoms with E-state index >= 15 is 0 Å². The summed E-state index contributed by atoms with van der Waals surface area (Å²) >= 11 is 0. The smallest absolute Gasteiger partial charge is 0.407 e. The topological polar surface area (TPSA) is 129 Å². The Bertz CT molecular complexity index is 538. The fourth-order valence-electron chi connectivity index (χ4n) is 3.26. The number of rotatable bonds is 12. The van der Waals surface area contributed by atoms with E-state index in [0.717, 1.165) is 12.8 Å². The van der Waals surface area contributed by atoms with Gasteiger partial charge in [-0.1, -0.05) is 40.5 Å². The fourth-order valence-corrected chi connectivity index (χ4v) is 3.26. The normalized spacial score (nSPS) is 17.8. The fraction of sp³-hybridized carbons (Fsp3) is 0.917. The second-order valence-electron chi connectivity index (χ2n) is 10.9. The summed E-state index contributed by atoms with van der Waals surface area (Å²) in [7, 11) is 0. The van der Waals surface area contributed by atoms with Gasteiger partial charge in [0.1, 0.15) is 11.2 Å². The van der Waals surface area contributed by atoms with Gasteiger partial charge in [0.25, 0.3) is 0 Å². The first-order valence-corrected chi connectivity index (χ1v) is 12.1. The zero-order valence-corrected chi connectivity index (χ0v) is 22.3. The number of alkyl carbamates (subject to hydrolysis) is 2. The number of aliphatic hydroxyl groups excluding tert-OH is 2. The van der Waals surface area contributed by atoms with Gasteiger partial charge in [-0.25, -0.2) is 9.59 Å². The summed E-state index contributed by atoms with van der Waals surface area (Å²) in [5.41, 5.74) is -1.27. The van der Waals surface area contributed by atoms with E-state index in [1.807, 2.05) is 27.7 Å². The number of ether oxygens (including phenoxy) is 2. The van der Waals surface area contributed by atoms with E-state index in [0.29, 0.717) is 0 Å². The van der Waals surface area contributed by atoms with Crippen LogP contribution in [-0.4, -0.2) is 71.0 Å². The molecule has 33 heavy (non-hydrogen) atoms. The largest absolute Gasteiger partial charge is 0.444 e. The summed E-state index contributed by atoms with van der Waals surface area (Å²) in [6.45, 7) is 18.9. The van der Waals surface area contributed by atoms with Crippen molar-refractivity contribution in [2.24, 2.45) is 11.8 Å². The van der Waals surface area contributed by atoms with Gasteiger partial charge in [-0.3, -0.25) is 0 Å². The predicted molar refractivity (Wildman–Crippen MR) is 130 cm³/mol. The van der Waals surface area contributed by atoms with Crippen molar-refractivity contribution < 1.29 is 29.3 Å². The number of amides is 2. The molecule has 0 aromatic rings. The monoisotopic (exact) mass is 475 g/mol. The first kappa shape index (κ1) is 31.4. The lowest BCUT2D eigenvalue weighted by atomic mass is 9.93. The SMILES string of the molecule is CC[C@@H](C)[C@@H](NC(=O)OC(C)(C)C)[C@@H](O)CNC[C@H](O)[C@H](NC(=O)OC(C)(C)C)[C@@H](C)CC. The van der Waals surface area contributed by atoms with Gasteiger partial charge in [0.2, 0.25) is 0 Å². The molecule has 9 heteroatoms. The van der Waals surface area contributed by atoms with Crippen LogP contribution in [0.3, 0.4) is 0 Å². The van der Waals surface area contributed by atoms with E-state index in [1.165, 1.54) is 0 Å². The molecule has 0 unspecified atom stereocenters. The zero-order chi connectivity index (χ0) is 26.0. The zero-order valence-electron chi connectivity index (χ0n) is 22.3. The van der Waals surface area contributed by atoms with Crippen molar-refractivity contribution >= 4 is 12.2 Å². The molecule has 0 aliphatic rings. The highest BCUT2D eigenvalue weighted by Crippen LogP contribution is 2.15. The average molecular weight is 476 g/mol. The van der Waals surface area contributed by atoms with Crippen LogP contribution in [0.25, 0.3) is 0 Å². The van der Waals surface area contributed by atoms with Gasteiger partial charge >= 0.3 is 12.2 Å². The quantitative estimate of drug-likeness (QED) is 0.293. The molecule has 0 radical (unpaired) electrons. The minimum atomic E-state index is -0.888. The second kappa shape index (κ2) is 14.0. The molecule has 0 aliphatic carbocycles.